The minimum atomic E-state index is 0.286. The van der Waals surface area contributed by atoms with Gasteiger partial charge in [-0.2, -0.15) is 5.10 Å². The largest absolute Gasteiger partial charge is 0.327 e. The van der Waals surface area contributed by atoms with Crippen LogP contribution in [-0.4, -0.2) is 15.8 Å². The number of hydrogen-bond acceptors (Lipinski definition) is 2. The zero-order valence-corrected chi connectivity index (χ0v) is 8.82. The van der Waals surface area contributed by atoms with Gasteiger partial charge in [-0.05, 0) is 37.2 Å². The average molecular weight is 193 g/mol. The highest BCUT2D eigenvalue weighted by Gasteiger charge is 2.21. The number of nitrogens with zero attached hydrogens (tertiary/aromatic N) is 2. The van der Waals surface area contributed by atoms with Gasteiger partial charge in [0.2, 0.25) is 0 Å². The summed E-state index contributed by atoms with van der Waals surface area (Å²) in [6.07, 6.45) is 8.86. The van der Waals surface area contributed by atoms with Gasteiger partial charge in [-0.25, -0.2) is 0 Å². The van der Waals surface area contributed by atoms with Gasteiger partial charge in [-0.3, -0.25) is 4.68 Å². The quantitative estimate of drug-likeness (QED) is 0.771. The third-order valence-electron chi connectivity index (χ3n) is 2.85. The zero-order chi connectivity index (χ0) is 9.97. The Balaban J connectivity index is 1.88. The molecule has 0 radical (unpaired) electrons. The fraction of sp³-hybridized carbons (Fsp3) is 0.727. The summed E-state index contributed by atoms with van der Waals surface area (Å²) in [5, 5.41) is 4.34. The molecule has 0 aliphatic heterocycles. The Bertz CT molecular complexity index is 288. The van der Waals surface area contributed by atoms with Crippen LogP contribution in [0.25, 0.3) is 0 Å². The number of nitrogens with two attached hydrogens (primary N) is 1. The summed E-state index contributed by atoms with van der Waals surface area (Å²) in [5.74, 6) is 0.891. The third-order valence-corrected chi connectivity index (χ3v) is 2.85. The number of rotatable bonds is 5. The predicted octanol–water partition coefficient (Wildman–Crippen LogP) is 1.57. The van der Waals surface area contributed by atoms with E-state index in [4.69, 9.17) is 5.73 Å². The van der Waals surface area contributed by atoms with Gasteiger partial charge in [0.15, 0.2) is 0 Å². The molecule has 1 aliphatic carbocycles. The Morgan fingerprint density at radius 1 is 1.64 bits per heavy atom. The average Bonchev–Trinajstić information content (AvgIpc) is 2.87. The van der Waals surface area contributed by atoms with Crippen molar-refractivity contribution in [1.82, 2.24) is 9.78 Å². The normalized spacial score (nSPS) is 18.4. The molecular formula is C11H19N3. The van der Waals surface area contributed by atoms with Crippen LogP contribution in [0.1, 0.15) is 31.7 Å². The molecular weight excluding hydrogens is 174 g/mol. The van der Waals surface area contributed by atoms with Crippen molar-refractivity contribution in [3.8, 4) is 0 Å². The van der Waals surface area contributed by atoms with Gasteiger partial charge in [0, 0.05) is 18.8 Å². The summed E-state index contributed by atoms with van der Waals surface area (Å²) in [7, 11) is 0. The van der Waals surface area contributed by atoms with Gasteiger partial charge >= 0.3 is 0 Å². The van der Waals surface area contributed by atoms with Crippen molar-refractivity contribution >= 4 is 0 Å². The fourth-order valence-electron chi connectivity index (χ4n) is 1.62. The molecule has 1 aromatic heterocycles. The molecule has 1 saturated carbocycles. The lowest BCUT2D eigenvalue weighted by Gasteiger charge is -2.05. The Hall–Kier alpha value is -0.830. The highest BCUT2D eigenvalue weighted by atomic mass is 15.3. The predicted molar refractivity (Wildman–Crippen MR) is 56.9 cm³/mol. The molecule has 3 heteroatoms. The van der Waals surface area contributed by atoms with E-state index >= 15 is 0 Å². The molecule has 14 heavy (non-hydrogen) atoms. The molecule has 1 heterocycles. The van der Waals surface area contributed by atoms with Crippen LogP contribution in [0.15, 0.2) is 12.4 Å². The van der Waals surface area contributed by atoms with Gasteiger partial charge in [0.1, 0.15) is 0 Å². The SMILES string of the molecule is CCC(N)Cc1cnn(CC2CC2)c1. The topological polar surface area (TPSA) is 43.8 Å². The summed E-state index contributed by atoms with van der Waals surface area (Å²) >= 11 is 0. The molecule has 0 amide bonds. The molecule has 3 nitrogen and oxygen atoms in total. The Labute approximate surface area is 85.3 Å². The summed E-state index contributed by atoms with van der Waals surface area (Å²) in [6, 6.07) is 0.286. The van der Waals surface area contributed by atoms with Gasteiger partial charge in [-0.1, -0.05) is 6.92 Å². The van der Waals surface area contributed by atoms with Gasteiger partial charge in [-0.15, -0.1) is 0 Å². The van der Waals surface area contributed by atoms with Crippen molar-refractivity contribution in [1.29, 1.82) is 0 Å². The van der Waals surface area contributed by atoms with E-state index in [0.717, 1.165) is 25.3 Å². The number of hydrogen-bond donors (Lipinski definition) is 1. The first kappa shape index (κ1) is 9.71. The molecule has 0 spiro atoms. The first-order valence-electron chi connectivity index (χ1n) is 5.55. The first-order chi connectivity index (χ1) is 6.78. The Morgan fingerprint density at radius 2 is 2.43 bits per heavy atom. The van der Waals surface area contributed by atoms with E-state index in [0.29, 0.717) is 0 Å². The Morgan fingerprint density at radius 3 is 3.07 bits per heavy atom. The molecule has 1 aromatic rings. The lowest BCUT2D eigenvalue weighted by molar-refractivity contribution is 0.562. The third kappa shape index (κ3) is 2.58. The maximum atomic E-state index is 5.89. The van der Waals surface area contributed by atoms with Crippen LogP contribution in [0.2, 0.25) is 0 Å². The maximum absolute atomic E-state index is 5.89. The van der Waals surface area contributed by atoms with E-state index in [1.54, 1.807) is 0 Å². The van der Waals surface area contributed by atoms with Crippen molar-refractivity contribution in [3.63, 3.8) is 0 Å². The molecule has 0 bridgehead atoms. The summed E-state index contributed by atoms with van der Waals surface area (Å²) in [4.78, 5) is 0. The van der Waals surface area contributed by atoms with Crippen LogP contribution < -0.4 is 5.73 Å². The molecule has 2 rings (SSSR count). The van der Waals surface area contributed by atoms with E-state index in [1.807, 2.05) is 6.20 Å². The van der Waals surface area contributed by atoms with Crippen molar-refractivity contribution in [2.24, 2.45) is 11.7 Å². The minimum Gasteiger partial charge on any atom is -0.327 e. The number of aromatic nitrogens is 2. The van der Waals surface area contributed by atoms with Crippen molar-refractivity contribution in [2.75, 3.05) is 0 Å². The monoisotopic (exact) mass is 193 g/mol. The van der Waals surface area contributed by atoms with Crippen LogP contribution in [-0.2, 0) is 13.0 Å². The highest BCUT2D eigenvalue weighted by Crippen LogP contribution is 2.30. The molecule has 1 unspecified atom stereocenters. The highest BCUT2D eigenvalue weighted by molar-refractivity contribution is 5.06. The fourth-order valence-corrected chi connectivity index (χ4v) is 1.62. The maximum Gasteiger partial charge on any atom is 0.0522 e. The standard InChI is InChI=1S/C11H19N3/c1-2-11(12)5-10-6-13-14(8-10)7-9-3-4-9/h6,8-9,11H,2-5,7,12H2,1H3. The van der Waals surface area contributed by atoms with Gasteiger partial charge in [0.05, 0.1) is 6.20 Å². The van der Waals surface area contributed by atoms with Crippen molar-refractivity contribution in [3.05, 3.63) is 18.0 Å². The van der Waals surface area contributed by atoms with Crippen molar-refractivity contribution in [2.45, 2.75) is 45.2 Å². The lowest BCUT2D eigenvalue weighted by atomic mass is 10.1. The summed E-state index contributed by atoms with van der Waals surface area (Å²) in [5.41, 5.74) is 7.17. The van der Waals surface area contributed by atoms with Gasteiger partial charge in [0.25, 0.3) is 0 Å². The zero-order valence-electron chi connectivity index (χ0n) is 8.82. The van der Waals surface area contributed by atoms with E-state index in [-0.39, 0.29) is 6.04 Å². The second-order valence-corrected chi connectivity index (χ2v) is 4.39. The molecule has 78 valence electrons. The van der Waals surface area contributed by atoms with E-state index in [9.17, 15) is 0 Å². The molecule has 0 saturated heterocycles. The summed E-state index contributed by atoms with van der Waals surface area (Å²) in [6.45, 7) is 3.22. The molecule has 1 atom stereocenters. The van der Waals surface area contributed by atoms with Crippen LogP contribution in [0.5, 0.6) is 0 Å². The molecule has 1 aliphatic rings. The van der Waals surface area contributed by atoms with E-state index in [1.165, 1.54) is 18.4 Å². The molecule has 0 aromatic carbocycles. The van der Waals surface area contributed by atoms with Crippen molar-refractivity contribution < 1.29 is 0 Å². The second kappa shape index (κ2) is 4.13. The minimum absolute atomic E-state index is 0.286. The van der Waals surface area contributed by atoms with E-state index in [2.05, 4.69) is 22.9 Å². The van der Waals surface area contributed by atoms with Crippen LogP contribution >= 0.6 is 0 Å². The second-order valence-electron chi connectivity index (χ2n) is 4.39. The summed E-state index contributed by atoms with van der Waals surface area (Å²) < 4.78 is 2.06. The molecule has 1 fully saturated rings. The van der Waals surface area contributed by atoms with Crippen LogP contribution in [0.3, 0.4) is 0 Å². The Kier molecular flexibility index (Phi) is 2.87. The van der Waals surface area contributed by atoms with Crippen LogP contribution in [0.4, 0.5) is 0 Å². The van der Waals surface area contributed by atoms with Gasteiger partial charge < -0.3 is 5.73 Å². The first-order valence-corrected chi connectivity index (χ1v) is 5.55. The molecule has 2 N–H and O–H groups in total. The van der Waals surface area contributed by atoms with E-state index < -0.39 is 0 Å². The van der Waals surface area contributed by atoms with Crippen LogP contribution in [0, 0.1) is 5.92 Å². The smallest absolute Gasteiger partial charge is 0.0522 e. The lowest BCUT2D eigenvalue weighted by Crippen LogP contribution is -2.21.